The summed E-state index contributed by atoms with van der Waals surface area (Å²) >= 11 is 6.19. The molecule has 1 aromatic heterocycles. The van der Waals surface area contributed by atoms with Crippen LogP contribution in [0.3, 0.4) is 0 Å². The van der Waals surface area contributed by atoms with Gasteiger partial charge in [-0.25, -0.2) is 4.39 Å². The predicted molar refractivity (Wildman–Crippen MR) is 83.6 cm³/mol. The molecule has 0 aliphatic carbocycles. The van der Waals surface area contributed by atoms with E-state index in [2.05, 4.69) is 31.9 Å². The molecule has 2 amide bonds. The molecular formula is C13H6Br2FN3O3. The van der Waals surface area contributed by atoms with Crippen molar-refractivity contribution in [1.82, 2.24) is 9.88 Å². The first kappa shape index (κ1) is 14.9. The van der Waals surface area contributed by atoms with Crippen LogP contribution in [0, 0.1) is 5.82 Å². The molecule has 0 saturated carbocycles. The van der Waals surface area contributed by atoms with Gasteiger partial charge in [-0.05, 0) is 44.0 Å². The topological polar surface area (TPSA) is 94.2 Å². The molecule has 3 rings (SSSR count). The van der Waals surface area contributed by atoms with E-state index in [9.17, 15) is 18.8 Å². The number of benzene rings is 1. The number of nitrogens with zero attached hydrogens (tertiary/aromatic N) is 1. The van der Waals surface area contributed by atoms with Gasteiger partial charge in [-0.1, -0.05) is 0 Å². The Morgan fingerprint density at radius 2 is 1.82 bits per heavy atom. The lowest BCUT2D eigenvalue weighted by molar-refractivity contribution is 0.0880. The summed E-state index contributed by atoms with van der Waals surface area (Å²) in [5.74, 6) is -2.44. The zero-order valence-corrected chi connectivity index (χ0v) is 13.8. The minimum atomic E-state index is -0.729. The van der Waals surface area contributed by atoms with Crippen molar-refractivity contribution >= 4 is 49.5 Å². The number of imide groups is 1. The normalized spacial score (nSPS) is 13.2. The van der Waals surface area contributed by atoms with Crippen LogP contribution in [-0.4, -0.2) is 16.4 Å². The molecule has 6 nitrogen and oxygen atoms in total. The van der Waals surface area contributed by atoms with E-state index in [1.54, 1.807) is 0 Å². The second kappa shape index (κ2) is 5.03. The van der Waals surface area contributed by atoms with Crippen LogP contribution in [0.2, 0.25) is 0 Å². The molecule has 0 fully saturated rings. The summed E-state index contributed by atoms with van der Waals surface area (Å²) in [7, 11) is 0. The van der Waals surface area contributed by atoms with E-state index >= 15 is 0 Å². The van der Waals surface area contributed by atoms with Crippen molar-refractivity contribution in [3.8, 4) is 5.69 Å². The summed E-state index contributed by atoms with van der Waals surface area (Å²) in [4.78, 5) is 35.5. The molecule has 112 valence electrons. The molecule has 0 bridgehead atoms. The lowest BCUT2D eigenvalue weighted by Crippen LogP contribution is -2.25. The zero-order valence-electron chi connectivity index (χ0n) is 10.6. The van der Waals surface area contributed by atoms with Crippen molar-refractivity contribution in [2.75, 3.05) is 5.73 Å². The maximum atomic E-state index is 14.4. The van der Waals surface area contributed by atoms with Gasteiger partial charge in [0.25, 0.3) is 17.4 Å². The molecule has 2 heterocycles. The number of carbonyl (C=O) groups excluding carboxylic acids is 2. The number of fused-ring (bicyclic) bond motifs is 1. The fourth-order valence-electron chi connectivity index (χ4n) is 2.22. The second-order valence-electron chi connectivity index (χ2n) is 4.47. The maximum absolute atomic E-state index is 14.4. The number of nitrogens with two attached hydrogens (primary N) is 1. The highest BCUT2D eigenvalue weighted by Crippen LogP contribution is 2.31. The highest BCUT2D eigenvalue weighted by atomic mass is 79.9. The summed E-state index contributed by atoms with van der Waals surface area (Å²) in [6.07, 6.45) is 0. The Morgan fingerprint density at radius 1 is 1.14 bits per heavy atom. The highest BCUT2D eigenvalue weighted by molar-refractivity contribution is 9.13. The third-order valence-corrected chi connectivity index (χ3v) is 5.18. The second-order valence-corrected chi connectivity index (χ2v) is 6.12. The molecule has 9 heteroatoms. The number of rotatable bonds is 1. The van der Waals surface area contributed by atoms with E-state index < -0.39 is 23.2 Å². The van der Waals surface area contributed by atoms with Crippen LogP contribution in [0.15, 0.2) is 31.9 Å². The number of anilines is 1. The van der Waals surface area contributed by atoms with E-state index in [1.807, 2.05) is 5.32 Å². The van der Waals surface area contributed by atoms with Crippen LogP contribution in [0.5, 0.6) is 0 Å². The molecule has 0 unspecified atom stereocenters. The lowest BCUT2D eigenvalue weighted by Gasteiger charge is -2.13. The SMILES string of the molecule is Nc1c2c(cc(=O)n1-c1ccc(Br)c(Br)c1F)C(=O)NC2=O. The van der Waals surface area contributed by atoms with Crippen molar-refractivity contribution in [3.63, 3.8) is 0 Å². The molecule has 1 aromatic carbocycles. The number of carbonyl (C=O) groups is 2. The molecule has 3 N–H and O–H groups in total. The van der Waals surface area contributed by atoms with Crippen molar-refractivity contribution < 1.29 is 14.0 Å². The fourth-order valence-corrected chi connectivity index (χ4v) is 2.86. The Kier molecular flexibility index (Phi) is 3.41. The van der Waals surface area contributed by atoms with Crippen LogP contribution in [-0.2, 0) is 0 Å². The molecule has 1 aliphatic rings. The Balaban J connectivity index is 2.38. The van der Waals surface area contributed by atoms with E-state index in [0.29, 0.717) is 4.47 Å². The van der Waals surface area contributed by atoms with Crippen LogP contribution in [0.1, 0.15) is 20.7 Å². The average molecular weight is 431 g/mol. The number of amides is 2. The maximum Gasteiger partial charge on any atom is 0.262 e. The van der Waals surface area contributed by atoms with Gasteiger partial charge in [-0.15, -0.1) is 0 Å². The van der Waals surface area contributed by atoms with Crippen molar-refractivity contribution in [2.45, 2.75) is 0 Å². The fraction of sp³-hybridized carbons (Fsp3) is 0. The van der Waals surface area contributed by atoms with Crippen molar-refractivity contribution in [2.24, 2.45) is 0 Å². The van der Waals surface area contributed by atoms with E-state index in [1.165, 1.54) is 12.1 Å². The number of hydrogen-bond acceptors (Lipinski definition) is 4. The number of pyridine rings is 1. The van der Waals surface area contributed by atoms with Gasteiger partial charge >= 0.3 is 0 Å². The molecule has 0 radical (unpaired) electrons. The highest BCUT2D eigenvalue weighted by Gasteiger charge is 2.32. The summed E-state index contributed by atoms with van der Waals surface area (Å²) in [6.45, 7) is 0. The molecule has 0 spiro atoms. The Hall–Kier alpha value is -2.00. The third-order valence-electron chi connectivity index (χ3n) is 3.21. The Morgan fingerprint density at radius 3 is 2.50 bits per heavy atom. The number of nitrogens with one attached hydrogen (secondary N) is 1. The number of hydrogen-bond donors (Lipinski definition) is 2. The van der Waals surface area contributed by atoms with E-state index in [4.69, 9.17) is 5.73 Å². The van der Waals surface area contributed by atoms with Gasteiger partial charge in [-0.3, -0.25) is 24.3 Å². The molecule has 0 atom stereocenters. The first-order valence-corrected chi connectivity index (χ1v) is 7.46. The monoisotopic (exact) mass is 429 g/mol. The first-order chi connectivity index (χ1) is 10.3. The van der Waals surface area contributed by atoms with Crippen LogP contribution >= 0.6 is 31.9 Å². The molecule has 1 aliphatic heterocycles. The minimum Gasteiger partial charge on any atom is -0.384 e. The standard InChI is InChI=1S/C13H6Br2FN3O3/c14-5-1-2-6(10(16)9(5)15)19-7(20)3-4-8(11(19)17)13(22)18-12(4)21/h1-3H,17H2,(H,18,21,22). The Labute approximate surface area is 139 Å². The molecule has 22 heavy (non-hydrogen) atoms. The minimum absolute atomic E-state index is 0.109. The number of nitrogen functional groups attached to an aromatic ring is 1. The summed E-state index contributed by atoms with van der Waals surface area (Å²) < 4.78 is 15.8. The van der Waals surface area contributed by atoms with Gasteiger partial charge in [0.05, 0.1) is 21.3 Å². The van der Waals surface area contributed by atoms with E-state index in [-0.39, 0.29) is 27.1 Å². The lowest BCUT2D eigenvalue weighted by atomic mass is 10.1. The Bertz CT molecular complexity index is 924. The summed E-state index contributed by atoms with van der Waals surface area (Å²) in [5, 5.41) is 2.04. The van der Waals surface area contributed by atoms with Crippen molar-refractivity contribution in [1.29, 1.82) is 0 Å². The molecule has 2 aromatic rings. The van der Waals surface area contributed by atoms with Gasteiger partial charge in [0, 0.05) is 10.5 Å². The van der Waals surface area contributed by atoms with Gasteiger partial charge in [0.15, 0.2) is 5.82 Å². The van der Waals surface area contributed by atoms with Crippen LogP contribution in [0.4, 0.5) is 10.2 Å². The number of halogens is 3. The van der Waals surface area contributed by atoms with Gasteiger partial charge in [0.2, 0.25) is 0 Å². The first-order valence-electron chi connectivity index (χ1n) is 5.88. The van der Waals surface area contributed by atoms with Crippen LogP contribution < -0.4 is 16.6 Å². The summed E-state index contributed by atoms with van der Waals surface area (Å²) in [6, 6.07) is 3.82. The molecule has 0 saturated heterocycles. The largest absolute Gasteiger partial charge is 0.384 e. The quantitative estimate of drug-likeness (QED) is 0.534. The smallest absolute Gasteiger partial charge is 0.262 e. The average Bonchev–Trinajstić information content (AvgIpc) is 2.73. The molecular weight excluding hydrogens is 425 g/mol. The van der Waals surface area contributed by atoms with Gasteiger partial charge < -0.3 is 5.73 Å². The van der Waals surface area contributed by atoms with Crippen LogP contribution in [0.25, 0.3) is 5.69 Å². The predicted octanol–water partition coefficient (Wildman–Crippen LogP) is 1.97. The summed E-state index contributed by atoms with van der Waals surface area (Å²) in [5.41, 5.74) is 4.74. The van der Waals surface area contributed by atoms with Gasteiger partial charge in [-0.2, -0.15) is 0 Å². The third kappa shape index (κ3) is 2.00. The van der Waals surface area contributed by atoms with E-state index in [0.717, 1.165) is 10.6 Å². The zero-order chi connectivity index (χ0) is 16.2. The van der Waals surface area contributed by atoms with Gasteiger partial charge in [0.1, 0.15) is 5.82 Å². The van der Waals surface area contributed by atoms with Crippen molar-refractivity contribution in [3.05, 3.63) is 54.4 Å². The number of aromatic nitrogens is 1.